The quantitative estimate of drug-likeness (QED) is 0.381. The summed E-state index contributed by atoms with van der Waals surface area (Å²) < 4.78 is 6.85. The van der Waals surface area contributed by atoms with Crippen molar-refractivity contribution in [1.29, 1.82) is 0 Å². The van der Waals surface area contributed by atoms with Crippen molar-refractivity contribution in [3.8, 4) is 17.0 Å². The number of ether oxygens (including phenoxy) is 1. The van der Waals surface area contributed by atoms with E-state index < -0.39 is 0 Å². The molecule has 2 aromatic heterocycles. The van der Waals surface area contributed by atoms with Gasteiger partial charge in [-0.3, -0.25) is 19.7 Å². The van der Waals surface area contributed by atoms with Crippen molar-refractivity contribution in [2.75, 3.05) is 17.7 Å². The van der Waals surface area contributed by atoms with E-state index in [1.807, 2.05) is 17.5 Å². The number of nitrogens with zero attached hydrogens (tertiary/aromatic N) is 3. The van der Waals surface area contributed by atoms with E-state index in [0.29, 0.717) is 22.0 Å². The third-order valence-corrected chi connectivity index (χ3v) is 5.64. The number of amides is 2. The van der Waals surface area contributed by atoms with Crippen LogP contribution in [-0.2, 0) is 9.59 Å². The number of anilines is 2. The Balaban J connectivity index is 1.41. The predicted octanol–water partition coefficient (Wildman–Crippen LogP) is 4.03. The summed E-state index contributed by atoms with van der Waals surface area (Å²) >= 11 is 1.39. The van der Waals surface area contributed by atoms with Crippen LogP contribution in [-0.4, -0.2) is 39.3 Å². The minimum atomic E-state index is -0.349. The van der Waals surface area contributed by atoms with Gasteiger partial charge in [-0.15, -0.1) is 16.4 Å². The number of thiazole rings is 1. The van der Waals surface area contributed by atoms with Gasteiger partial charge < -0.3 is 10.1 Å². The first kappa shape index (κ1) is 22.2. The minimum absolute atomic E-state index is 0.00120. The number of aromatic nitrogens is 3. The Kier molecular flexibility index (Phi) is 6.45. The van der Waals surface area contributed by atoms with Crippen LogP contribution in [0.1, 0.15) is 30.1 Å². The fourth-order valence-corrected chi connectivity index (χ4v) is 4.12. The standard InChI is InChI=1S/C23H21N5O4S/c1-14(29)24-16-9-7-15(8-10-16)18-13-33-23-26-22(27-28(18)23)25-21(31)12-11-19(30)17-5-3-4-6-20(17)32-2/h3-10,13H,11-12H2,1-2H3,(H,24,29)(H,25,27,31). The number of Topliss-reactive ketones (excluding diaryl/α,β-unsaturated/α-hetero) is 1. The second-order valence-corrected chi connectivity index (χ2v) is 8.02. The van der Waals surface area contributed by atoms with Gasteiger partial charge in [0.1, 0.15) is 5.75 Å². The largest absolute Gasteiger partial charge is 0.496 e. The molecule has 0 radical (unpaired) electrons. The van der Waals surface area contributed by atoms with E-state index in [-0.39, 0.29) is 36.4 Å². The van der Waals surface area contributed by atoms with Crippen molar-refractivity contribution < 1.29 is 19.1 Å². The Hall–Kier alpha value is -4.05. The van der Waals surface area contributed by atoms with Crippen LogP contribution in [0.2, 0.25) is 0 Å². The summed E-state index contributed by atoms with van der Waals surface area (Å²) in [5.74, 6) is -0.00436. The van der Waals surface area contributed by atoms with Crippen LogP contribution in [0.25, 0.3) is 16.2 Å². The Bertz CT molecular complexity index is 1330. The highest BCUT2D eigenvalue weighted by atomic mass is 32.1. The molecule has 4 rings (SSSR count). The summed E-state index contributed by atoms with van der Waals surface area (Å²) in [6, 6.07) is 14.3. The van der Waals surface area contributed by atoms with E-state index in [9.17, 15) is 14.4 Å². The third-order valence-electron chi connectivity index (χ3n) is 4.82. The van der Waals surface area contributed by atoms with Gasteiger partial charge in [0.05, 0.1) is 18.4 Å². The van der Waals surface area contributed by atoms with E-state index in [1.165, 1.54) is 25.4 Å². The molecule has 2 N–H and O–H groups in total. The third kappa shape index (κ3) is 5.07. The molecule has 0 unspecified atom stereocenters. The van der Waals surface area contributed by atoms with E-state index >= 15 is 0 Å². The summed E-state index contributed by atoms with van der Waals surface area (Å²) in [7, 11) is 1.50. The fraction of sp³-hybridized carbons (Fsp3) is 0.174. The Labute approximate surface area is 193 Å². The van der Waals surface area contributed by atoms with Gasteiger partial charge in [0, 0.05) is 36.4 Å². The van der Waals surface area contributed by atoms with Crippen LogP contribution >= 0.6 is 11.3 Å². The number of para-hydroxylation sites is 1. The van der Waals surface area contributed by atoms with Crippen molar-refractivity contribution in [2.45, 2.75) is 19.8 Å². The second-order valence-electron chi connectivity index (χ2n) is 7.18. The lowest BCUT2D eigenvalue weighted by molar-refractivity contribution is -0.116. The average Bonchev–Trinajstić information content (AvgIpc) is 3.38. The van der Waals surface area contributed by atoms with Crippen LogP contribution in [0.3, 0.4) is 0 Å². The van der Waals surface area contributed by atoms with Gasteiger partial charge in [0.15, 0.2) is 5.78 Å². The van der Waals surface area contributed by atoms with Crippen LogP contribution < -0.4 is 15.4 Å². The zero-order valence-electron chi connectivity index (χ0n) is 18.0. The van der Waals surface area contributed by atoms with Gasteiger partial charge in [-0.2, -0.15) is 4.98 Å². The molecule has 4 aromatic rings. The molecule has 0 bridgehead atoms. The number of rotatable bonds is 8. The molecule has 10 heteroatoms. The number of ketones is 1. The molecule has 33 heavy (non-hydrogen) atoms. The van der Waals surface area contributed by atoms with Gasteiger partial charge in [-0.05, 0) is 24.3 Å². The van der Waals surface area contributed by atoms with Crippen molar-refractivity contribution in [3.05, 3.63) is 59.5 Å². The highest BCUT2D eigenvalue weighted by Crippen LogP contribution is 2.27. The number of carbonyl (C=O) groups is 3. The monoisotopic (exact) mass is 463 g/mol. The topological polar surface area (TPSA) is 115 Å². The van der Waals surface area contributed by atoms with E-state index in [1.54, 1.807) is 40.9 Å². The van der Waals surface area contributed by atoms with Gasteiger partial charge in [-0.25, -0.2) is 4.52 Å². The molecule has 9 nitrogen and oxygen atoms in total. The summed E-state index contributed by atoms with van der Waals surface area (Å²) in [6.45, 7) is 1.45. The van der Waals surface area contributed by atoms with E-state index in [4.69, 9.17) is 4.74 Å². The Morgan fingerprint density at radius 1 is 1.03 bits per heavy atom. The maximum absolute atomic E-state index is 12.4. The van der Waals surface area contributed by atoms with Crippen molar-refractivity contribution in [2.24, 2.45) is 0 Å². The lowest BCUT2D eigenvalue weighted by atomic mass is 10.1. The molecular weight excluding hydrogens is 442 g/mol. The van der Waals surface area contributed by atoms with Crippen LogP contribution in [0.15, 0.2) is 53.9 Å². The first-order chi connectivity index (χ1) is 15.9. The molecule has 0 saturated carbocycles. The highest BCUT2D eigenvalue weighted by molar-refractivity contribution is 7.15. The molecule has 0 saturated heterocycles. The molecule has 0 spiro atoms. The number of benzene rings is 2. The van der Waals surface area contributed by atoms with Crippen molar-refractivity contribution >= 4 is 45.5 Å². The Morgan fingerprint density at radius 3 is 2.52 bits per heavy atom. The first-order valence-corrected chi connectivity index (χ1v) is 11.0. The SMILES string of the molecule is COc1ccccc1C(=O)CCC(=O)Nc1nc2scc(-c3ccc(NC(C)=O)cc3)n2n1. The molecule has 0 aliphatic rings. The smallest absolute Gasteiger partial charge is 0.250 e. The number of hydrogen-bond donors (Lipinski definition) is 2. The van der Waals surface area contributed by atoms with Crippen LogP contribution in [0, 0.1) is 0 Å². The van der Waals surface area contributed by atoms with E-state index in [2.05, 4.69) is 20.7 Å². The van der Waals surface area contributed by atoms with Crippen LogP contribution in [0.5, 0.6) is 5.75 Å². The zero-order chi connectivity index (χ0) is 23.4. The number of carbonyl (C=O) groups excluding carboxylic acids is 3. The number of methoxy groups -OCH3 is 1. The van der Waals surface area contributed by atoms with Crippen molar-refractivity contribution in [1.82, 2.24) is 14.6 Å². The first-order valence-electron chi connectivity index (χ1n) is 10.1. The Morgan fingerprint density at radius 2 is 1.79 bits per heavy atom. The normalized spacial score (nSPS) is 10.7. The molecule has 2 amide bonds. The minimum Gasteiger partial charge on any atom is -0.496 e. The molecule has 0 aliphatic heterocycles. The molecule has 0 fully saturated rings. The summed E-state index contributed by atoms with van der Waals surface area (Å²) in [4.78, 5) is 41.0. The number of fused-ring (bicyclic) bond motifs is 1. The molecule has 2 aromatic carbocycles. The summed E-state index contributed by atoms with van der Waals surface area (Å²) in [5, 5.41) is 11.7. The number of hydrogen-bond acceptors (Lipinski definition) is 7. The van der Waals surface area contributed by atoms with Gasteiger partial charge in [0.25, 0.3) is 0 Å². The zero-order valence-corrected chi connectivity index (χ0v) is 18.8. The lowest BCUT2D eigenvalue weighted by Gasteiger charge is -2.06. The molecule has 2 heterocycles. The van der Waals surface area contributed by atoms with Crippen LogP contribution in [0.4, 0.5) is 11.6 Å². The second kappa shape index (κ2) is 9.61. The van der Waals surface area contributed by atoms with Gasteiger partial charge >= 0.3 is 0 Å². The highest BCUT2D eigenvalue weighted by Gasteiger charge is 2.16. The predicted molar refractivity (Wildman–Crippen MR) is 126 cm³/mol. The summed E-state index contributed by atoms with van der Waals surface area (Å²) in [5.41, 5.74) is 2.85. The van der Waals surface area contributed by atoms with Gasteiger partial charge in [0.2, 0.25) is 22.7 Å². The summed E-state index contributed by atoms with van der Waals surface area (Å²) in [6.07, 6.45) is 0.0432. The maximum Gasteiger partial charge on any atom is 0.250 e. The fourth-order valence-electron chi connectivity index (χ4n) is 3.28. The maximum atomic E-state index is 12.4. The molecule has 0 aliphatic carbocycles. The van der Waals surface area contributed by atoms with Crippen molar-refractivity contribution in [3.63, 3.8) is 0 Å². The molecular formula is C23H21N5O4S. The molecule has 0 atom stereocenters. The van der Waals surface area contributed by atoms with Gasteiger partial charge in [-0.1, -0.05) is 24.3 Å². The lowest BCUT2D eigenvalue weighted by Crippen LogP contribution is -2.15. The molecule has 168 valence electrons. The average molecular weight is 464 g/mol. The number of nitrogens with one attached hydrogen (secondary N) is 2. The van der Waals surface area contributed by atoms with E-state index in [0.717, 1.165) is 11.3 Å².